The second kappa shape index (κ2) is 5.59. The molecule has 0 aliphatic heterocycles. The number of pyridine rings is 1. The molecule has 1 N–H and O–H groups in total. The van der Waals surface area contributed by atoms with Crippen molar-refractivity contribution in [2.75, 3.05) is 7.11 Å². The Bertz CT molecular complexity index is 1190. The van der Waals surface area contributed by atoms with Gasteiger partial charge in [0.05, 0.1) is 29.9 Å². The fraction of sp³-hybridized carbons (Fsp3) is 0.105. The molecule has 1 aromatic carbocycles. The molecule has 0 amide bonds. The minimum atomic E-state index is -0.269. The molecule has 0 fully saturated rings. The normalized spacial score (nSPS) is 11.1. The van der Waals surface area contributed by atoms with E-state index in [9.17, 15) is 9.59 Å². The van der Waals surface area contributed by atoms with E-state index < -0.39 is 0 Å². The Morgan fingerprint density at radius 3 is 2.88 bits per heavy atom. The predicted molar refractivity (Wildman–Crippen MR) is 94.5 cm³/mol. The van der Waals surface area contributed by atoms with E-state index in [1.165, 1.54) is 6.33 Å². The summed E-state index contributed by atoms with van der Waals surface area (Å²) in [7, 11) is 1.59. The number of carbonyl (C=O) groups is 1. The number of rotatable bonds is 3. The lowest BCUT2D eigenvalue weighted by atomic mass is 10.0. The maximum atomic E-state index is 13.2. The minimum absolute atomic E-state index is 0.174. The number of aromatic nitrogens is 3. The first-order valence-electron chi connectivity index (χ1n) is 7.77. The van der Waals surface area contributed by atoms with Crippen LogP contribution in [0.2, 0.25) is 0 Å². The van der Waals surface area contributed by atoms with Crippen LogP contribution in [0.1, 0.15) is 21.6 Å². The Morgan fingerprint density at radius 2 is 2.08 bits per heavy atom. The van der Waals surface area contributed by atoms with Gasteiger partial charge in [-0.3, -0.25) is 9.59 Å². The third-order valence-electron chi connectivity index (χ3n) is 4.35. The van der Waals surface area contributed by atoms with Crippen LogP contribution >= 0.6 is 0 Å². The van der Waals surface area contributed by atoms with Crippen molar-refractivity contribution in [3.05, 3.63) is 76.1 Å². The molecule has 3 heterocycles. The number of hydrogen-bond acceptors (Lipinski definition) is 4. The number of ketones is 1. The Balaban J connectivity index is 1.96. The zero-order valence-electron chi connectivity index (χ0n) is 13.7. The second-order valence-corrected chi connectivity index (χ2v) is 5.76. The van der Waals surface area contributed by atoms with Crippen LogP contribution in [0.4, 0.5) is 0 Å². The monoisotopic (exact) mass is 333 g/mol. The lowest BCUT2D eigenvalue weighted by molar-refractivity contribution is 0.103. The quantitative estimate of drug-likeness (QED) is 0.585. The van der Waals surface area contributed by atoms with Gasteiger partial charge in [-0.05, 0) is 37.3 Å². The molecule has 0 aliphatic rings. The summed E-state index contributed by atoms with van der Waals surface area (Å²) in [4.78, 5) is 31.8. The van der Waals surface area contributed by atoms with Crippen LogP contribution in [0, 0.1) is 6.92 Å². The van der Waals surface area contributed by atoms with E-state index in [0.29, 0.717) is 27.9 Å². The van der Waals surface area contributed by atoms with Gasteiger partial charge in [0.25, 0.3) is 5.56 Å². The van der Waals surface area contributed by atoms with Gasteiger partial charge in [-0.2, -0.15) is 0 Å². The fourth-order valence-electron chi connectivity index (χ4n) is 3.19. The number of fused-ring (bicyclic) bond motifs is 2. The lowest BCUT2D eigenvalue weighted by Gasteiger charge is -2.05. The molecule has 0 saturated carbocycles. The SMILES string of the molecule is COc1c(C)c(C(=O)c2ccc3nc[nH]c(=O)c3c2)n2ccccc12. The highest BCUT2D eigenvalue weighted by Crippen LogP contribution is 2.31. The Kier molecular flexibility index (Phi) is 3.39. The molecule has 124 valence electrons. The number of ether oxygens (including phenoxy) is 1. The first kappa shape index (κ1) is 15.1. The van der Waals surface area contributed by atoms with Crippen LogP contribution in [0.25, 0.3) is 16.4 Å². The summed E-state index contributed by atoms with van der Waals surface area (Å²) in [6, 6.07) is 10.6. The zero-order valence-corrected chi connectivity index (χ0v) is 13.7. The molecule has 6 nitrogen and oxygen atoms in total. The maximum absolute atomic E-state index is 13.2. The summed E-state index contributed by atoms with van der Waals surface area (Å²) in [6.45, 7) is 1.86. The lowest BCUT2D eigenvalue weighted by Crippen LogP contribution is -2.10. The molecule has 0 atom stereocenters. The summed E-state index contributed by atoms with van der Waals surface area (Å²) in [5.41, 5.74) is 2.82. The van der Waals surface area contributed by atoms with Gasteiger partial charge in [-0.15, -0.1) is 0 Å². The molecule has 0 spiro atoms. The molecule has 4 rings (SSSR count). The molecule has 25 heavy (non-hydrogen) atoms. The Labute approximate surface area is 142 Å². The summed E-state index contributed by atoms with van der Waals surface area (Å²) in [5.74, 6) is 0.497. The highest BCUT2D eigenvalue weighted by Gasteiger charge is 2.22. The summed E-state index contributed by atoms with van der Waals surface area (Å²) in [6.07, 6.45) is 3.18. The van der Waals surface area contributed by atoms with Crippen molar-refractivity contribution in [2.45, 2.75) is 6.92 Å². The first-order valence-corrected chi connectivity index (χ1v) is 7.77. The molecule has 0 bridgehead atoms. The number of nitrogens with one attached hydrogen (secondary N) is 1. The van der Waals surface area contributed by atoms with Crippen LogP contribution in [-0.2, 0) is 0 Å². The molecular formula is C19H15N3O3. The van der Waals surface area contributed by atoms with E-state index in [1.54, 1.807) is 25.3 Å². The van der Waals surface area contributed by atoms with Crippen molar-refractivity contribution in [1.82, 2.24) is 14.4 Å². The van der Waals surface area contributed by atoms with E-state index in [2.05, 4.69) is 9.97 Å². The Morgan fingerprint density at radius 1 is 1.24 bits per heavy atom. The van der Waals surface area contributed by atoms with Crippen molar-refractivity contribution in [1.29, 1.82) is 0 Å². The van der Waals surface area contributed by atoms with Gasteiger partial charge >= 0.3 is 0 Å². The van der Waals surface area contributed by atoms with Gasteiger partial charge in [0.15, 0.2) is 0 Å². The molecule has 0 unspecified atom stereocenters. The van der Waals surface area contributed by atoms with Gasteiger partial charge in [0, 0.05) is 17.3 Å². The van der Waals surface area contributed by atoms with Gasteiger partial charge in [-0.25, -0.2) is 4.98 Å². The van der Waals surface area contributed by atoms with Crippen molar-refractivity contribution >= 4 is 22.2 Å². The number of carbonyl (C=O) groups excluding carboxylic acids is 1. The van der Waals surface area contributed by atoms with Gasteiger partial charge in [0.1, 0.15) is 11.4 Å². The maximum Gasteiger partial charge on any atom is 0.258 e. The largest absolute Gasteiger partial charge is 0.494 e. The predicted octanol–water partition coefficient (Wildman–Crippen LogP) is 2.72. The standard InChI is InChI=1S/C19H15N3O3/c1-11-16(22-8-4-3-5-15(22)18(11)25-2)17(23)12-6-7-14-13(9-12)19(24)21-10-20-14/h3-10H,1-2H3,(H,20,21,24). The molecule has 4 aromatic rings. The third kappa shape index (κ3) is 2.22. The van der Waals surface area contributed by atoms with Gasteiger partial charge < -0.3 is 14.1 Å². The fourth-order valence-corrected chi connectivity index (χ4v) is 3.19. The zero-order chi connectivity index (χ0) is 17.6. The molecule has 0 radical (unpaired) electrons. The summed E-state index contributed by atoms with van der Waals surface area (Å²) < 4.78 is 7.29. The van der Waals surface area contributed by atoms with Gasteiger partial charge in [-0.1, -0.05) is 6.07 Å². The molecule has 0 aliphatic carbocycles. The van der Waals surface area contributed by atoms with Crippen LogP contribution in [0.5, 0.6) is 5.75 Å². The molecule has 6 heteroatoms. The number of benzene rings is 1. The minimum Gasteiger partial charge on any atom is -0.494 e. The average molecular weight is 333 g/mol. The van der Waals surface area contributed by atoms with Gasteiger partial charge in [0.2, 0.25) is 5.78 Å². The molecule has 3 aromatic heterocycles. The average Bonchev–Trinajstić information content (AvgIpc) is 2.92. The topological polar surface area (TPSA) is 76.5 Å². The summed E-state index contributed by atoms with van der Waals surface area (Å²) >= 11 is 0. The van der Waals surface area contributed by atoms with E-state index in [0.717, 1.165) is 11.1 Å². The van der Waals surface area contributed by atoms with Crippen molar-refractivity contribution in [3.8, 4) is 5.75 Å². The number of aromatic amines is 1. The summed E-state index contributed by atoms with van der Waals surface area (Å²) in [5, 5.41) is 0.388. The number of H-pyrrole nitrogens is 1. The van der Waals surface area contributed by atoms with Crippen molar-refractivity contribution < 1.29 is 9.53 Å². The molecule has 0 saturated heterocycles. The van der Waals surface area contributed by atoms with Crippen LogP contribution in [0.3, 0.4) is 0 Å². The smallest absolute Gasteiger partial charge is 0.258 e. The first-order chi connectivity index (χ1) is 12.1. The third-order valence-corrected chi connectivity index (χ3v) is 4.35. The van der Waals surface area contributed by atoms with E-state index in [1.807, 2.05) is 35.7 Å². The van der Waals surface area contributed by atoms with E-state index >= 15 is 0 Å². The van der Waals surface area contributed by atoms with Crippen molar-refractivity contribution in [2.24, 2.45) is 0 Å². The van der Waals surface area contributed by atoms with Crippen molar-refractivity contribution in [3.63, 3.8) is 0 Å². The Hall–Kier alpha value is -3.41. The van der Waals surface area contributed by atoms with E-state index in [4.69, 9.17) is 4.74 Å². The van der Waals surface area contributed by atoms with E-state index in [-0.39, 0.29) is 11.3 Å². The van der Waals surface area contributed by atoms with Crippen LogP contribution in [0.15, 0.2) is 53.7 Å². The highest BCUT2D eigenvalue weighted by atomic mass is 16.5. The van der Waals surface area contributed by atoms with Crippen LogP contribution < -0.4 is 10.3 Å². The molecular weight excluding hydrogens is 318 g/mol. The van der Waals surface area contributed by atoms with Crippen LogP contribution in [-0.4, -0.2) is 27.3 Å². The number of methoxy groups -OCH3 is 1. The number of nitrogens with zero attached hydrogens (tertiary/aromatic N) is 2. The number of hydrogen-bond donors (Lipinski definition) is 1. The second-order valence-electron chi connectivity index (χ2n) is 5.76. The highest BCUT2D eigenvalue weighted by molar-refractivity contribution is 6.11.